The van der Waals surface area contributed by atoms with Gasteiger partial charge in [0.1, 0.15) is 5.01 Å². The van der Waals surface area contributed by atoms with Gasteiger partial charge in [-0.2, -0.15) is 0 Å². The van der Waals surface area contributed by atoms with Gasteiger partial charge in [0, 0.05) is 26.4 Å². The Morgan fingerprint density at radius 1 is 1.17 bits per heavy atom. The number of rotatable bonds is 4. The Morgan fingerprint density at radius 2 is 1.91 bits per heavy atom. The number of halogens is 1. The highest BCUT2D eigenvalue weighted by molar-refractivity contribution is 14.1. The van der Waals surface area contributed by atoms with Gasteiger partial charge >= 0.3 is 0 Å². The molecule has 3 nitrogen and oxygen atoms in total. The number of nitrogens with zero attached hydrogens (tertiary/aromatic N) is 1. The fourth-order valence-corrected chi connectivity index (χ4v) is 3.45. The zero-order valence-electron chi connectivity index (χ0n) is 12.1. The summed E-state index contributed by atoms with van der Waals surface area (Å²) in [5, 5.41) is 5.74. The number of thiazole rings is 1. The number of amides is 1. The van der Waals surface area contributed by atoms with Gasteiger partial charge in [0.25, 0.3) is 0 Å². The van der Waals surface area contributed by atoms with Crippen molar-refractivity contribution in [2.24, 2.45) is 0 Å². The summed E-state index contributed by atoms with van der Waals surface area (Å²) in [7, 11) is 0. The predicted molar refractivity (Wildman–Crippen MR) is 105 cm³/mol. The number of aromatic nitrogens is 1. The Labute approximate surface area is 152 Å². The third-order valence-corrected chi connectivity index (χ3v) is 5.06. The van der Waals surface area contributed by atoms with Gasteiger partial charge < -0.3 is 5.32 Å². The van der Waals surface area contributed by atoms with Crippen molar-refractivity contribution in [2.45, 2.75) is 0 Å². The molecular formula is C18H13IN2OS. The second kappa shape index (κ2) is 7.06. The molecule has 0 unspecified atom stereocenters. The first kappa shape index (κ1) is 15.9. The van der Waals surface area contributed by atoms with Crippen LogP contribution in [0.3, 0.4) is 0 Å². The summed E-state index contributed by atoms with van der Waals surface area (Å²) in [4.78, 5) is 15.7. The lowest BCUT2D eigenvalue weighted by molar-refractivity contribution is -0.111. The van der Waals surface area contributed by atoms with E-state index in [-0.39, 0.29) is 5.91 Å². The van der Waals surface area contributed by atoms with Crippen LogP contribution in [0, 0.1) is 3.57 Å². The Balaban J connectivity index is 1.93. The quantitative estimate of drug-likeness (QED) is 0.455. The highest BCUT2D eigenvalue weighted by Gasteiger charge is 2.08. The van der Waals surface area contributed by atoms with Crippen LogP contribution in [-0.4, -0.2) is 10.9 Å². The Kier molecular flexibility index (Phi) is 4.88. The van der Waals surface area contributed by atoms with Crippen LogP contribution < -0.4 is 5.32 Å². The minimum absolute atomic E-state index is 0.210. The van der Waals surface area contributed by atoms with E-state index in [9.17, 15) is 4.79 Å². The fourth-order valence-electron chi connectivity index (χ4n) is 2.17. The summed E-state index contributed by atoms with van der Waals surface area (Å²) in [5.74, 6) is -0.210. The Hall–Kier alpha value is -1.99. The maximum atomic E-state index is 11.3. The summed E-state index contributed by atoms with van der Waals surface area (Å²) < 4.78 is 1.17. The molecule has 5 heteroatoms. The molecule has 0 aliphatic heterocycles. The highest BCUT2D eigenvalue weighted by Crippen LogP contribution is 2.31. The van der Waals surface area contributed by atoms with E-state index in [0.29, 0.717) is 0 Å². The molecule has 0 aliphatic carbocycles. The summed E-state index contributed by atoms with van der Waals surface area (Å²) in [6.45, 7) is 3.45. The van der Waals surface area contributed by atoms with Crippen molar-refractivity contribution in [3.63, 3.8) is 0 Å². The molecule has 1 heterocycles. The molecule has 23 heavy (non-hydrogen) atoms. The molecular weight excluding hydrogens is 419 g/mol. The zero-order chi connectivity index (χ0) is 16.2. The topological polar surface area (TPSA) is 42.0 Å². The van der Waals surface area contributed by atoms with Crippen LogP contribution >= 0.6 is 33.9 Å². The average Bonchev–Trinajstić information content (AvgIpc) is 3.10. The predicted octanol–water partition coefficient (Wildman–Crippen LogP) is 5.21. The lowest BCUT2D eigenvalue weighted by atomic mass is 10.0. The number of carbonyl (C=O) groups excluding carboxylic acids is 1. The number of nitrogens with one attached hydrogen (secondary N) is 1. The smallest absolute Gasteiger partial charge is 0.247 e. The van der Waals surface area contributed by atoms with E-state index in [1.165, 1.54) is 9.65 Å². The number of anilines is 1. The largest absolute Gasteiger partial charge is 0.323 e. The van der Waals surface area contributed by atoms with Crippen molar-refractivity contribution in [2.75, 3.05) is 5.32 Å². The summed E-state index contributed by atoms with van der Waals surface area (Å²) in [6.07, 6.45) is 3.07. The zero-order valence-corrected chi connectivity index (χ0v) is 15.1. The molecule has 3 rings (SSSR count). The van der Waals surface area contributed by atoms with Crippen LogP contribution in [0.5, 0.6) is 0 Å². The van der Waals surface area contributed by atoms with Crippen LogP contribution in [0.2, 0.25) is 0 Å². The van der Waals surface area contributed by atoms with E-state index in [4.69, 9.17) is 0 Å². The molecule has 0 atom stereocenters. The molecule has 0 spiro atoms. The maximum absolute atomic E-state index is 11.3. The Bertz CT molecular complexity index is 842. The van der Waals surface area contributed by atoms with Gasteiger partial charge in [-0.15, -0.1) is 11.3 Å². The Morgan fingerprint density at radius 3 is 2.57 bits per heavy atom. The standard InChI is InChI=1S/C18H13IN2OS/c1-2-17(22)21-14-6-3-12(4-7-14)15-11-13(5-8-16(15)19)18-20-9-10-23-18/h2-11H,1H2,(H,21,22). The molecule has 0 fully saturated rings. The first-order valence-electron chi connectivity index (χ1n) is 6.90. The number of benzene rings is 2. The minimum atomic E-state index is -0.210. The monoisotopic (exact) mass is 432 g/mol. The van der Waals surface area contributed by atoms with Gasteiger partial charge in [-0.25, -0.2) is 4.98 Å². The third-order valence-electron chi connectivity index (χ3n) is 3.29. The average molecular weight is 432 g/mol. The maximum Gasteiger partial charge on any atom is 0.247 e. The summed E-state index contributed by atoms with van der Waals surface area (Å²) in [6, 6.07) is 14.1. The van der Waals surface area contributed by atoms with E-state index in [0.717, 1.165) is 27.4 Å². The van der Waals surface area contributed by atoms with Crippen LogP contribution in [0.4, 0.5) is 5.69 Å². The van der Waals surface area contributed by atoms with Gasteiger partial charge in [0.05, 0.1) is 0 Å². The molecule has 1 N–H and O–H groups in total. The molecule has 3 aromatic rings. The van der Waals surface area contributed by atoms with Gasteiger partial charge in [-0.05, 0) is 64.1 Å². The first-order valence-corrected chi connectivity index (χ1v) is 8.86. The second-order valence-corrected chi connectivity index (χ2v) is 6.86. The van der Waals surface area contributed by atoms with E-state index in [2.05, 4.69) is 57.7 Å². The third kappa shape index (κ3) is 3.68. The number of hydrogen-bond acceptors (Lipinski definition) is 3. The molecule has 0 bridgehead atoms. The minimum Gasteiger partial charge on any atom is -0.323 e. The van der Waals surface area contributed by atoms with Crippen molar-refractivity contribution < 1.29 is 4.79 Å². The van der Waals surface area contributed by atoms with E-state index in [1.807, 2.05) is 35.8 Å². The number of carbonyl (C=O) groups is 1. The van der Waals surface area contributed by atoms with Crippen molar-refractivity contribution >= 4 is 45.5 Å². The molecule has 114 valence electrons. The van der Waals surface area contributed by atoms with Gasteiger partial charge in [0.2, 0.25) is 5.91 Å². The lowest BCUT2D eigenvalue weighted by Crippen LogP contribution is -2.06. The van der Waals surface area contributed by atoms with Gasteiger partial charge in [-0.1, -0.05) is 24.8 Å². The summed E-state index contributed by atoms with van der Waals surface area (Å²) >= 11 is 3.96. The molecule has 0 radical (unpaired) electrons. The molecule has 1 aromatic heterocycles. The highest BCUT2D eigenvalue weighted by atomic mass is 127. The van der Waals surface area contributed by atoms with Crippen molar-refractivity contribution in [3.8, 4) is 21.7 Å². The summed E-state index contributed by atoms with van der Waals surface area (Å²) in [5.41, 5.74) is 4.12. The van der Waals surface area contributed by atoms with Gasteiger partial charge in [0.15, 0.2) is 0 Å². The number of hydrogen-bond donors (Lipinski definition) is 1. The van der Waals surface area contributed by atoms with E-state index in [1.54, 1.807) is 11.3 Å². The lowest BCUT2D eigenvalue weighted by Gasteiger charge is -2.09. The fraction of sp³-hybridized carbons (Fsp3) is 0. The van der Waals surface area contributed by atoms with Crippen LogP contribution in [0.1, 0.15) is 0 Å². The molecule has 0 saturated carbocycles. The SMILES string of the molecule is C=CC(=O)Nc1ccc(-c2cc(-c3nccs3)ccc2I)cc1. The van der Waals surface area contributed by atoms with Gasteiger partial charge in [-0.3, -0.25) is 4.79 Å². The molecule has 2 aromatic carbocycles. The van der Waals surface area contributed by atoms with E-state index >= 15 is 0 Å². The van der Waals surface area contributed by atoms with Crippen LogP contribution in [0.15, 0.2) is 66.7 Å². The van der Waals surface area contributed by atoms with Crippen molar-refractivity contribution in [3.05, 3.63) is 70.3 Å². The van der Waals surface area contributed by atoms with Crippen LogP contribution in [0.25, 0.3) is 21.7 Å². The van der Waals surface area contributed by atoms with E-state index < -0.39 is 0 Å². The molecule has 1 amide bonds. The van der Waals surface area contributed by atoms with Crippen molar-refractivity contribution in [1.82, 2.24) is 4.98 Å². The molecule has 0 aliphatic rings. The normalized spacial score (nSPS) is 10.3. The van der Waals surface area contributed by atoms with Crippen LogP contribution in [-0.2, 0) is 4.79 Å². The first-order chi connectivity index (χ1) is 11.2. The molecule has 0 saturated heterocycles. The van der Waals surface area contributed by atoms with Crippen molar-refractivity contribution in [1.29, 1.82) is 0 Å². The second-order valence-electron chi connectivity index (χ2n) is 4.80.